The number of nitrogens with one attached hydrogen (secondary N) is 1. The van der Waals surface area contributed by atoms with E-state index in [1.165, 1.54) is 32.1 Å². The lowest BCUT2D eigenvalue weighted by atomic mass is 9.96. The summed E-state index contributed by atoms with van der Waals surface area (Å²) in [6, 6.07) is 0.624. The van der Waals surface area contributed by atoms with Crippen molar-refractivity contribution in [2.24, 2.45) is 5.92 Å². The van der Waals surface area contributed by atoms with E-state index in [9.17, 15) is 0 Å². The van der Waals surface area contributed by atoms with Crippen LogP contribution in [0.15, 0.2) is 12.2 Å². The Hall–Kier alpha value is -0.300. The molecule has 0 aromatic carbocycles. The number of rotatable bonds is 3. The van der Waals surface area contributed by atoms with Crippen molar-refractivity contribution in [1.29, 1.82) is 0 Å². The minimum Gasteiger partial charge on any atom is -0.314 e. The summed E-state index contributed by atoms with van der Waals surface area (Å²) in [6.45, 7) is 5.59. The Balaban J connectivity index is 2.24. The van der Waals surface area contributed by atoms with E-state index in [0.29, 0.717) is 6.04 Å². The van der Waals surface area contributed by atoms with Gasteiger partial charge < -0.3 is 5.32 Å². The summed E-state index contributed by atoms with van der Waals surface area (Å²) in [5, 5.41) is 3.51. The topological polar surface area (TPSA) is 12.0 Å². The van der Waals surface area contributed by atoms with Crippen molar-refractivity contribution in [3.8, 4) is 0 Å². The summed E-state index contributed by atoms with van der Waals surface area (Å²) in [5.41, 5.74) is 0. The van der Waals surface area contributed by atoms with Crippen LogP contribution in [-0.2, 0) is 0 Å². The first kappa shape index (κ1) is 10.8. The molecule has 0 heterocycles. The van der Waals surface area contributed by atoms with E-state index < -0.39 is 0 Å². The molecular weight excluding hydrogens is 158 g/mol. The van der Waals surface area contributed by atoms with E-state index in [0.717, 1.165) is 12.5 Å². The van der Waals surface area contributed by atoms with Crippen LogP contribution in [-0.4, -0.2) is 12.6 Å². The minimum atomic E-state index is 0.624. The van der Waals surface area contributed by atoms with Crippen LogP contribution in [0.25, 0.3) is 0 Å². The van der Waals surface area contributed by atoms with Crippen LogP contribution < -0.4 is 5.32 Å². The Kier molecular flexibility index (Phi) is 5.14. The average molecular weight is 181 g/mol. The van der Waals surface area contributed by atoms with Gasteiger partial charge in [0.2, 0.25) is 0 Å². The second kappa shape index (κ2) is 6.20. The van der Waals surface area contributed by atoms with Crippen LogP contribution in [0.4, 0.5) is 0 Å². The summed E-state index contributed by atoms with van der Waals surface area (Å²) >= 11 is 0. The molecule has 1 atom stereocenters. The van der Waals surface area contributed by atoms with Gasteiger partial charge in [0.15, 0.2) is 0 Å². The van der Waals surface area contributed by atoms with Crippen LogP contribution in [0.2, 0.25) is 0 Å². The third kappa shape index (κ3) is 5.09. The largest absolute Gasteiger partial charge is 0.314 e. The molecule has 1 heteroatoms. The zero-order chi connectivity index (χ0) is 9.52. The molecule has 1 N–H and O–H groups in total. The first-order chi connectivity index (χ1) is 6.29. The Morgan fingerprint density at radius 3 is 2.92 bits per heavy atom. The maximum Gasteiger partial charge on any atom is 0.00165 e. The Morgan fingerprint density at radius 1 is 1.31 bits per heavy atom. The summed E-state index contributed by atoms with van der Waals surface area (Å²) in [5.74, 6) is 0.780. The maximum absolute atomic E-state index is 3.51. The molecule has 0 fully saturated rings. The van der Waals surface area contributed by atoms with Gasteiger partial charge in [-0.25, -0.2) is 0 Å². The molecule has 1 rings (SSSR count). The molecule has 0 aromatic heterocycles. The fraction of sp³-hybridized carbons (Fsp3) is 0.833. The van der Waals surface area contributed by atoms with E-state index in [-0.39, 0.29) is 0 Å². The van der Waals surface area contributed by atoms with Crippen molar-refractivity contribution in [2.45, 2.75) is 52.0 Å². The lowest BCUT2D eigenvalue weighted by Crippen LogP contribution is -2.28. The number of allylic oxidation sites excluding steroid dienone is 1. The lowest BCUT2D eigenvalue weighted by molar-refractivity contribution is 0.460. The van der Waals surface area contributed by atoms with Gasteiger partial charge in [-0.3, -0.25) is 0 Å². The van der Waals surface area contributed by atoms with Gasteiger partial charge in [0, 0.05) is 12.6 Å². The van der Waals surface area contributed by atoms with Gasteiger partial charge in [-0.1, -0.05) is 38.8 Å². The molecule has 0 spiro atoms. The summed E-state index contributed by atoms with van der Waals surface area (Å²) in [6.07, 6.45) is 11.7. The third-order valence-corrected chi connectivity index (χ3v) is 2.64. The molecule has 13 heavy (non-hydrogen) atoms. The number of hydrogen-bond acceptors (Lipinski definition) is 1. The molecule has 0 bridgehead atoms. The smallest absolute Gasteiger partial charge is 0.00165 e. The molecule has 0 amide bonds. The van der Waals surface area contributed by atoms with Crippen molar-refractivity contribution < 1.29 is 0 Å². The van der Waals surface area contributed by atoms with Gasteiger partial charge in [0.1, 0.15) is 0 Å². The fourth-order valence-corrected chi connectivity index (χ4v) is 1.79. The van der Waals surface area contributed by atoms with E-state index in [2.05, 4.69) is 31.3 Å². The van der Waals surface area contributed by atoms with Crippen molar-refractivity contribution in [3.63, 3.8) is 0 Å². The van der Waals surface area contributed by atoms with Crippen LogP contribution in [0, 0.1) is 5.92 Å². The molecule has 0 aromatic rings. The van der Waals surface area contributed by atoms with Gasteiger partial charge in [-0.05, 0) is 25.2 Å². The quantitative estimate of drug-likeness (QED) is 0.660. The molecular formula is C12H23N. The molecule has 1 unspecified atom stereocenters. The first-order valence-corrected chi connectivity index (χ1v) is 5.69. The van der Waals surface area contributed by atoms with E-state index in [1.54, 1.807) is 0 Å². The van der Waals surface area contributed by atoms with Crippen molar-refractivity contribution in [2.75, 3.05) is 6.54 Å². The van der Waals surface area contributed by atoms with Gasteiger partial charge in [-0.15, -0.1) is 0 Å². The zero-order valence-electron chi connectivity index (χ0n) is 9.05. The van der Waals surface area contributed by atoms with Crippen LogP contribution in [0.1, 0.15) is 46.0 Å². The summed E-state index contributed by atoms with van der Waals surface area (Å²) < 4.78 is 0. The molecule has 76 valence electrons. The van der Waals surface area contributed by atoms with Gasteiger partial charge in [-0.2, -0.15) is 0 Å². The van der Waals surface area contributed by atoms with E-state index >= 15 is 0 Å². The van der Waals surface area contributed by atoms with Crippen molar-refractivity contribution in [3.05, 3.63) is 12.2 Å². The summed E-state index contributed by atoms with van der Waals surface area (Å²) in [4.78, 5) is 0. The van der Waals surface area contributed by atoms with E-state index in [4.69, 9.17) is 0 Å². The van der Waals surface area contributed by atoms with Crippen LogP contribution in [0.5, 0.6) is 0 Å². The lowest BCUT2D eigenvalue weighted by Gasteiger charge is -2.17. The SMILES string of the molecule is CC(C)NCC1/C=C\CCCCC1. The predicted octanol–water partition coefficient (Wildman–Crippen LogP) is 3.12. The first-order valence-electron chi connectivity index (χ1n) is 5.69. The highest BCUT2D eigenvalue weighted by molar-refractivity contribution is 4.91. The van der Waals surface area contributed by atoms with Gasteiger partial charge in [0.25, 0.3) is 0 Å². The Bertz CT molecular complexity index is 149. The minimum absolute atomic E-state index is 0.624. The van der Waals surface area contributed by atoms with E-state index in [1.807, 2.05) is 0 Å². The molecule has 1 nitrogen and oxygen atoms in total. The monoisotopic (exact) mass is 181 g/mol. The van der Waals surface area contributed by atoms with Crippen molar-refractivity contribution in [1.82, 2.24) is 5.32 Å². The fourth-order valence-electron chi connectivity index (χ4n) is 1.79. The number of hydrogen-bond donors (Lipinski definition) is 1. The highest BCUT2D eigenvalue weighted by atomic mass is 14.9. The molecule has 1 aliphatic rings. The second-order valence-corrected chi connectivity index (χ2v) is 4.39. The highest BCUT2D eigenvalue weighted by Crippen LogP contribution is 2.16. The van der Waals surface area contributed by atoms with Crippen LogP contribution in [0.3, 0.4) is 0 Å². The average Bonchev–Trinajstić information content (AvgIpc) is 2.01. The zero-order valence-corrected chi connectivity index (χ0v) is 9.05. The molecule has 0 radical (unpaired) electrons. The molecule has 1 aliphatic carbocycles. The second-order valence-electron chi connectivity index (χ2n) is 4.39. The third-order valence-electron chi connectivity index (χ3n) is 2.64. The Morgan fingerprint density at radius 2 is 2.15 bits per heavy atom. The predicted molar refractivity (Wildman–Crippen MR) is 58.9 cm³/mol. The normalized spacial score (nSPS) is 26.8. The van der Waals surface area contributed by atoms with Gasteiger partial charge in [0.05, 0.1) is 0 Å². The molecule has 0 saturated heterocycles. The highest BCUT2D eigenvalue weighted by Gasteiger charge is 2.06. The van der Waals surface area contributed by atoms with Gasteiger partial charge >= 0.3 is 0 Å². The standard InChI is InChI=1S/C12H23N/c1-11(2)13-10-12-8-6-4-3-5-7-9-12/h6,8,11-13H,3-5,7,9-10H2,1-2H3/b8-6-. The summed E-state index contributed by atoms with van der Waals surface area (Å²) in [7, 11) is 0. The molecule has 0 aliphatic heterocycles. The molecule has 0 saturated carbocycles. The van der Waals surface area contributed by atoms with Crippen molar-refractivity contribution >= 4 is 0 Å². The Labute approximate surface area is 82.6 Å². The van der Waals surface area contributed by atoms with Crippen LogP contribution >= 0.6 is 0 Å². The maximum atomic E-state index is 3.51.